The molecule has 2 aromatic rings. The average Bonchev–Trinajstić information content (AvgIpc) is 2.84. The first-order valence-corrected chi connectivity index (χ1v) is 7.74. The molecule has 0 radical (unpaired) electrons. The molecule has 1 heterocycles. The van der Waals surface area contributed by atoms with E-state index in [9.17, 15) is 13.6 Å². The van der Waals surface area contributed by atoms with E-state index in [0.717, 1.165) is 23.9 Å². The monoisotopic (exact) mass is 338 g/mol. The van der Waals surface area contributed by atoms with Crippen LogP contribution in [0.3, 0.4) is 0 Å². The maximum Gasteiger partial charge on any atom is 0.237 e. The lowest BCUT2D eigenvalue weighted by atomic mass is 10.3. The first-order chi connectivity index (χ1) is 10.9. The third kappa shape index (κ3) is 3.95. The first kappa shape index (κ1) is 17.1. The molecule has 0 saturated carbocycles. The summed E-state index contributed by atoms with van der Waals surface area (Å²) >= 11 is 1.15. The number of hydrogen-bond acceptors (Lipinski definition) is 4. The molecule has 122 valence electrons. The quantitative estimate of drug-likeness (QED) is 0.649. The molecule has 5 nitrogen and oxygen atoms in total. The fraction of sp³-hybridized carbons (Fsp3) is 0.267. The molecule has 0 unspecified atom stereocenters. The van der Waals surface area contributed by atoms with Crippen molar-refractivity contribution < 1.29 is 13.6 Å². The van der Waals surface area contributed by atoms with Crippen LogP contribution in [0.2, 0.25) is 0 Å². The zero-order chi connectivity index (χ0) is 17.0. The van der Waals surface area contributed by atoms with Gasteiger partial charge in [-0.3, -0.25) is 4.79 Å². The van der Waals surface area contributed by atoms with Crippen molar-refractivity contribution in [1.82, 2.24) is 14.8 Å². The van der Waals surface area contributed by atoms with Crippen molar-refractivity contribution in [1.29, 1.82) is 0 Å². The van der Waals surface area contributed by atoms with Crippen molar-refractivity contribution in [2.75, 3.05) is 5.32 Å². The highest BCUT2D eigenvalue weighted by molar-refractivity contribution is 8.00. The highest BCUT2D eigenvalue weighted by Gasteiger charge is 2.21. The van der Waals surface area contributed by atoms with Crippen molar-refractivity contribution in [3.63, 3.8) is 0 Å². The molecule has 0 aliphatic carbocycles. The van der Waals surface area contributed by atoms with Crippen LogP contribution in [0, 0.1) is 18.6 Å². The van der Waals surface area contributed by atoms with E-state index in [2.05, 4.69) is 22.1 Å². The average molecular weight is 338 g/mol. The number of benzene rings is 1. The van der Waals surface area contributed by atoms with Gasteiger partial charge in [-0.1, -0.05) is 23.9 Å². The van der Waals surface area contributed by atoms with Gasteiger partial charge >= 0.3 is 0 Å². The van der Waals surface area contributed by atoms with Crippen molar-refractivity contribution >= 4 is 23.4 Å². The summed E-state index contributed by atoms with van der Waals surface area (Å²) in [4.78, 5) is 12.2. The standard InChI is InChI=1S/C15H16F2N4OS/c1-4-8-21-10(3)19-20-15(21)23-9(2)14(22)18-13-11(16)6-5-7-12(13)17/h4-7,9H,1,8H2,2-3H3,(H,18,22)/t9-/m1/s1. The van der Waals surface area contributed by atoms with Gasteiger partial charge < -0.3 is 9.88 Å². The molecule has 0 saturated heterocycles. The predicted octanol–water partition coefficient (Wildman–Crippen LogP) is 3.17. The summed E-state index contributed by atoms with van der Waals surface area (Å²) in [6.45, 7) is 7.59. The Hall–Kier alpha value is -2.22. The summed E-state index contributed by atoms with van der Waals surface area (Å²) in [6, 6.07) is 3.40. The van der Waals surface area contributed by atoms with E-state index in [1.54, 1.807) is 24.5 Å². The predicted molar refractivity (Wildman–Crippen MR) is 85.3 cm³/mol. The number of carbonyl (C=O) groups is 1. The van der Waals surface area contributed by atoms with Crippen LogP contribution >= 0.6 is 11.8 Å². The lowest BCUT2D eigenvalue weighted by Crippen LogP contribution is -2.24. The molecular weight excluding hydrogens is 322 g/mol. The SMILES string of the molecule is C=CCn1c(C)nnc1S[C@H](C)C(=O)Nc1c(F)cccc1F. The molecule has 1 N–H and O–H groups in total. The van der Waals surface area contributed by atoms with Crippen LogP contribution in [0.4, 0.5) is 14.5 Å². The number of hydrogen-bond donors (Lipinski definition) is 1. The number of thioether (sulfide) groups is 1. The molecule has 1 aromatic carbocycles. The maximum atomic E-state index is 13.6. The lowest BCUT2D eigenvalue weighted by molar-refractivity contribution is -0.115. The Balaban J connectivity index is 2.10. The second kappa shape index (κ2) is 7.36. The summed E-state index contributed by atoms with van der Waals surface area (Å²) in [7, 11) is 0. The maximum absolute atomic E-state index is 13.6. The van der Waals surface area contributed by atoms with Crippen molar-refractivity contribution in [3.8, 4) is 0 Å². The molecule has 1 aromatic heterocycles. The summed E-state index contributed by atoms with van der Waals surface area (Å²) < 4.78 is 28.9. The third-order valence-corrected chi connectivity index (χ3v) is 4.16. The van der Waals surface area contributed by atoms with Crippen molar-refractivity contribution in [2.24, 2.45) is 0 Å². The Bertz CT molecular complexity index is 712. The molecule has 0 aliphatic heterocycles. The van der Waals surface area contributed by atoms with Crippen LogP contribution < -0.4 is 5.32 Å². The highest BCUT2D eigenvalue weighted by Crippen LogP contribution is 2.25. The number of anilines is 1. The number of rotatable bonds is 6. The number of nitrogens with one attached hydrogen (secondary N) is 1. The van der Waals surface area contributed by atoms with Crippen LogP contribution in [0.5, 0.6) is 0 Å². The molecular formula is C15H16F2N4OS. The molecule has 23 heavy (non-hydrogen) atoms. The fourth-order valence-electron chi connectivity index (χ4n) is 1.84. The number of amides is 1. The Morgan fingerprint density at radius 2 is 2.09 bits per heavy atom. The molecule has 1 amide bonds. The van der Waals surface area contributed by atoms with Gasteiger partial charge in [-0.2, -0.15) is 0 Å². The van der Waals surface area contributed by atoms with E-state index < -0.39 is 28.5 Å². The summed E-state index contributed by atoms with van der Waals surface area (Å²) in [5.41, 5.74) is -0.450. The molecule has 1 atom stereocenters. The molecule has 8 heteroatoms. The van der Waals surface area contributed by atoms with Crippen LogP contribution in [0.15, 0.2) is 36.0 Å². The van der Waals surface area contributed by atoms with Gasteiger partial charge in [-0.05, 0) is 26.0 Å². The summed E-state index contributed by atoms with van der Waals surface area (Å²) in [5.74, 6) is -1.47. The van der Waals surface area contributed by atoms with Gasteiger partial charge in [0.2, 0.25) is 5.91 Å². The minimum atomic E-state index is -0.818. The van der Waals surface area contributed by atoms with Crippen molar-refractivity contribution in [2.45, 2.75) is 30.8 Å². The van der Waals surface area contributed by atoms with Crippen molar-refractivity contribution in [3.05, 3.63) is 48.3 Å². The number of aromatic nitrogens is 3. The zero-order valence-corrected chi connectivity index (χ0v) is 13.5. The first-order valence-electron chi connectivity index (χ1n) is 6.86. The van der Waals surface area contributed by atoms with E-state index in [4.69, 9.17) is 0 Å². The molecule has 0 spiro atoms. The van der Waals surface area contributed by atoms with E-state index in [1.807, 2.05) is 0 Å². The van der Waals surface area contributed by atoms with Crippen LogP contribution in [0.25, 0.3) is 0 Å². The van der Waals surface area contributed by atoms with Gasteiger partial charge in [0.25, 0.3) is 0 Å². The minimum Gasteiger partial charge on any atom is -0.320 e. The van der Waals surface area contributed by atoms with E-state index >= 15 is 0 Å². The van der Waals surface area contributed by atoms with Crippen LogP contribution in [-0.2, 0) is 11.3 Å². The van der Waals surface area contributed by atoms with Gasteiger partial charge in [-0.15, -0.1) is 16.8 Å². The van der Waals surface area contributed by atoms with Gasteiger partial charge in [0.15, 0.2) is 5.16 Å². The summed E-state index contributed by atoms with van der Waals surface area (Å²) in [5, 5.41) is 10.2. The third-order valence-electron chi connectivity index (χ3n) is 3.08. The van der Waals surface area contributed by atoms with Gasteiger partial charge in [0.1, 0.15) is 23.1 Å². The second-order valence-electron chi connectivity index (χ2n) is 4.78. The fourth-order valence-corrected chi connectivity index (χ4v) is 2.75. The van der Waals surface area contributed by atoms with Gasteiger partial charge in [-0.25, -0.2) is 8.78 Å². The number of aryl methyl sites for hydroxylation is 1. The molecule has 0 bridgehead atoms. The smallest absolute Gasteiger partial charge is 0.237 e. The largest absolute Gasteiger partial charge is 0.320 e. The number of carbonyl (C=O) groups excluding carboxylic acids is 1. The van der Waals surface area contributed by atoms with E-state index in [0.29, 0.717) is 17.5 Å². The van der Waals surface area contributed by atoms with E-state index in [-0.39, 0.29) is 0 Å². The Kier molecular flexibility index (Phi) is 5.49. The minimum absolute atomic E-state index is 0.450. The number of para-hydroxylation sites is 1. The topological polar surface area (TPSA) is 59.8 Å². The zero-order valence-electron chi connectivity index (χ0n) is 12.7. The van der Waals surface area contributed by atoms with E-state index in [1.165, 1.54) is 6.07 Å². The Morgan fingerprint density at radius 1 is 1.43 bits per heavy atom. The highest BCUT2D eigenvalue weighted by atomic mass is 32.2. The van der Waals surface area contributed by atoms with Gasteiger partial charge in [0.05, 0.1) is 5.25 Å². The Labute approximate surface area is 136 Å². The second-order valence-corrected chi connectivity index (χ2v) is 6.08. The Morgan fingerprint density at radius 3 is 2.70 bits per heavy atom. The lowest BCUT2D eigenvalue weighted by Gasteiger charge is -2.13. The normalized spacial score (nSPS) is 12.0. The molecule has 0 fully saturated rings. The number of nitrogens with zero attached hydrogens (tertiary/aromatic N) is 3. The van der Waals surface area contributed by atoms with Crippen LogP contribution in [-0.4, -0.2) is 25.9 Å². The van der Waals surface area contributed by atoms with Crippen LogP contribution in [0.1, 0.15) is 12.7 Å². The number of halogens is 2. The van der Waals surface area contributed by atoms with Gasteiger partial charge in [0, 0.05) is 6.54 Å². The molecule has 2 rings (SSSR count). The molecule has 0 aliphatic rings. The number of allylic oxidation sites excluding steroid dienone is 1. The summed E-state index contributed by atoms with van der Waals surface area (Å²) in [6.07, 6.45) is 1.69.